The van der Waals surface area contributed by atoms with E-state index in [1.807, 2.05) is 0 Å². The Morgan fingerprint density at radius 2 is 2.13 bits per heavy atom. The molecule has 1 aliphatic rings. The molecule has 1 aliphatic heterocycles. The van der Waals surface area contributed by atoms with Crippen molar-refractivity contribution in [3.8, 4) is 0 Å². The predicted molar refractivity (Wildman–Crippen MR) is 67.2 cm³/mol. The Kier molecular flexibility index (Phi) is 6.26. The van der Waals surface area contributed by atoms with Crippen molar-refractivity contribution >= 4 is 0 Å². The zero-order valence-electron chi connectivity index (χ0n) is 10.8. The highest BCUT2D eigenvalue weighted by Gasteiger charge is 2.20. The lowest BCUT2D eigenvalue weighted by Gasteiger charge is -2.32. The molecule has 0 aromatic carbocycles. The molecule has 0 spiro atoms. The van der Waals surface area contributed by atoms with Gasteiger partial charge < -0.3 is 10.2 Å². The van der Waals surface area contributed by atoms with Crippen LogP contribution in [0.3, 0.4) is 0 Å². The van der Waals surface area contributed by atoms with E-state index >= 15 is 0 Å². The molecule has 2 nitrogen and oxygen atoms in total. The number of hydrogen-bond acceptors (Lipinski definition) is 2. The second kappa shape index (κ2) is 7.24. The average molecular weight is 212 g/mol. The molecule has 2 unspecified atom stereocenters. The normalized spacial score (nSPS) is 27.2. The van der Waals surface area contributed by atoms with E-state index in [1.165, 1.54) is 51.7 Å². The van der Waals surface area contributed by atoms with Crippen molar-refractivity contribution in [3.63, 3.8) is 0 Å². The average Bonchev–Trinajstić information content (AvgIpc) is 2.26. The van der Waals surface area contributed by atoms with Crippen LogP contribution < -0.4 is 5.32 Å². The fourth-order valence-corrected chi connectivity index (χ4v) is 2.50. The molecule has 2 heteroatoms. The van der Waals surface area contributed by atoms with E-state index in [1.54, 1.807) is 0 Å². The van der Waals surface area contributed by atoms with E-state index in [2.05, 4.69) is 31.1 Å². The van der Waals surface area contributed by atoms with Crippen molar-refractivity contribution in [2.24, 2.45) is 5.92 Å². The Bertz CT molecular complexity index is 159. The summed E-state index contributed by atoms with van der Waals surface area (Å²) in [6.07, 6.45) is 6.76. The van der Waals surface area contributed by atoms with E-state index in [4.69, 9.17) is 0 Å². The van der Waals surface area contributed by atoms with Crippen molar-refractivity contribution in [2.75, 3.05) is 26.7 Å². The summed E-state index contributed by atoms with van der Waals surface area (Å²) in [6, 6.07) is 0.741. The summed E-state index contributed by atoms with van der Waals surface area (Å²) in [5, 5.41) is 3.65. The maximum atomic E-state index is 3.65. The third-order valence-corrected chi connectivity index (χ3v) is 3.61. The van der Waals surface area contributed by atoms with Crippen LogP contribution in [0.25, 0.3) is 0 Å². The Labute approximate surface area is 95.4 Å². The first kappa shape index (κ1) is 13.0. The molecule has 0 aromatic heterocycles. The number of rotatable bonds is 6. The molecular formula is C13H28N2. The van der Waals surface area contributed by atoms with Crippen LogP contribution in [0, 0.1) is 5.92 Å². The summed E-state index contributed by atoms with van der Waals surface area (Å²) in [5.74, 6) is 0.968. The second-order valence-corrected chi connectivity index (χ2v) is 5.07. The highest BCUT2D eigenvalue weighted by molar-refractivity contribution is 4.79. The summed E-state index contributed by atoms with van der Waals surface area (Å²) in [7, 11) is 2.26. The van der Waals surface area contributed by atoms with Crippen LogP contribution >= 0.6 is 0 Å². The lowest BCUT2D eigenvalue weighted by Crippen LogP contribution is -2.45. The van der Waals surface area contributed by atoms with Crippen LogP contribution in [0.4, 0.5) is 0 Å². The molecule has 0 saturated carbocycles. The molecule has 1 rings (SSSR count). The summed E-state index contributed by atoms with van der Waals surface area (Å²) >= 11 is 0. The van der Waals surface area contributed by atoms with Gasteiger partial charge in [-0.25, -0.2) is 0 Å². The highest BCUT2D eigenvalue weighted by atomic mass is 15.1. The fourth-order valence-electron chi connectivity index (χ4n) is 2.50. The SMILES string of the molecule is CCCCN(C)CC1CC(CC)CCN1. The first-order chi connectivity index (χ1) is 7.26. The summed E-state index contributed by atoms with van der Waals surface area (Å²) in [5.41, 5.74) is 0. The van der Waals surface area contributed by atoms with Gasteiger partial charge in [0, 0.05) is 12.6 Å². The quantitative estimate of drug-likeness (QED) is 0.728. The minimum Gasteiger partial charge on any atom is -0.313 e. The van der Waals surface area contributed by atoms with Gasteiger partial charge in [0.25, 0.3) is 0 Å². The van der Waals surface area contributed by atoms with E-state index in [0.29, 0.717) is 0 Å². The zero-order chi connectivity index (χ0) is 11.1. The molecule has 1 heterocycles. The number of nitrogens with zero attached hydrogens (tertiary/aromatic N) is 1. The molecule has 1 saturated heterocycles. The zero-order valence-corrected chi connectivity index (χ0v) is 10.8. The van der Waals surface area contributed by atoms with E-state index < -0.39 is 0 Å². The minimum absolute atomic E-state index is 0.741. The topological polar surface area (TPSA) is 15.3 Å². The molecule has 0 bridgehead atoms. The monoisotopic (exact) mass is 212 g/mol. The van der Waals surface area contributed by atoms with Crippen LogP contribution in [0.5, 0.6) is 0 Å². The van der Waals surface area contributed by atoms with Crippen molar-refractivity contribution in [2.45, 2.75) is 52.0 Å². The van der Waals surface area contributed by atoms with Gasteiger partial charge in [-0.05, 0) is 45.3 Å². The van der Waals surface area contributed by atoms with Gasteiger partial charge in [0.15, 0.2) is 0 Å². The second-order valence-electron chi connectivity index (χ2n) is 5.07. The fraction of sp³-hybridized carbons (Fsp3) is 1.00. The number of piperidine rings is 1. The number of nitrogens with one attached hydrogen (secondary N) is 1. The van der Waals surface area contributed by atoms with E-state index in [0.717, 1.165) is 12.0 Å². The van der Waals surface area contributed by atoms with Crippen LogP contribution in [-0.2, 0) is 0 Å². The molecule has 1 fully saturated rings. The van der Waals surface area contributed by atoms with Gasteiger partial charge in [0.2, 0.25) is 0 Å². The lowest BCUT2D eigenvalue weighted by atomic mass is 9.90. The van der Waals surface area contributed by atoms with Crippen LogP contribution in [-0.4, -0.2) is 37.6 Å². The standard InChI is InChI=1S/C13H28N2/c1-4-6-9-15(3)11-13-10-12(5-2)7-8-14-13/h12-14H,4-11H2,1-3H3. The molecule has 90 valence electrons. The highest BCUT2D eigenvalue weighted by Crippen LogP contribution is 2.19. The summed E-state index contributed by atoms with van der Waals surface area (Å²) < 4.78 is 0. The van der Waals surface area contributed by atoms with E-state index in [-0.39, 0.29) is 0 Å². The van der Waals surface area contributed by atoms with Gasteiger partial charge in [0.05, 0.1) is 0 Å². The van der Waals surface area contributed by atoms with Gasteiger partial charge >= 0.3 is 0 Å². The molecule has 0 amide bonds. The van der Waals surface area contributed by atoms with Crippen LogP contribution in [0.15, 0.2) is 0 Å². The third kappa shape index (κ3) is 4.98. The van der Waals surface area contributed by atoms with Gasteiger partial charge in [0.1, 0.15) is 0 Å². The Balaban J connectivity index is 2.19. The van der Waals surface area contributed by atoms with Gasteiger partial charge in [-0.2, -0.15) is 0 Å². The third-order valence-electron chi connectivity index (χ3n) is 3.61. The maximum Gasteiger partial charge on any atom is 0.0197 e. The number of unbranched alkanes of at least 4 members (excludes halogenated alkanes) is 1. The summed E-state index contributed by atoms with van der Waals surface area (Å²) in [6.45, 7) is 8.31. The number of hydrogen-bond donors (Lipinski definition) is 1. The van der Waals surface area contributed by atoms with Crippen LogP contribution in [0.2, 0.25) is 0 Å². The first-order valence-corrected chi connectivity index (χ1v) is 6.68. The molecule has 0 aromatic rings. The molecule has 2 atom stereocenters. The minimum atomic E-state index is 0.741. The molecular weight excluding hydrogens is 184 g/mol. The molecule has 1 N–H and O–H groups in total. The molecule has 0 radical (unpaired) electrons. The van der Waals surface area contributed by atoms with E-state index in [9.17, 15) is 0 Å². The van der Waals surface area contributed by atoms with Gasteiger partial charge in [-0.15, -0.1) is 0 Å². The Hall–Kier alpha value is -0.0800. The van der Waals surface area contributed by atoms with Gasteiger partial charge in [-0.3, -0.25) is 0 Å². The Morgan fingerprint density at radius 3 is 2.80 bits per heavy atom. The van der Waals surface area contributed by atoms with Gasteiger partial charge in [-0.1, -0.05) is 26.7 Å². The Morgan fingerprint density at radius 1 is 1.33 bits per heavy atom. The lowest BCUT2D eigenvalue weighted by molar-refractivity contribution is 0.223. The van der Waals surface area contributed by atoms with Crippen molar-refractivity contribution < 1.29 is 0 Å². The number of likely N-dealkylation sites (N-methyl/N-ethyl adjacent to an activating group) is 1. The maximum absolute atomic E-state index is 3.65. The molecule has 0 aliphatic carbocycles. The van der Waals surface area contributed by atoms with Crippen LogP contribution in [0.1, 0.15) is 46.0 Å². The molecule has 15 heavy (non-hydrogen) atoms. The van der Waals surface area contributed by atoms with Crippen molar-refractivity contribution in [3.05, 3.63) is 0 Å². The summed E-state index contributed by atoms with van der Waals surface area (Å²) in [4.78, 5) is 2.49. The predicted octanol–water partition coefficient (Wildman–Crippen LogP) is 2.50. The first-order valence-electron chi connectivity index (χ1n) is 6.68. The smallest absolute Gasteiger partial charge is 0.0197 e. The largest absolute Gasteiger partial charge is 0.313 e. The van der Waals surface area contributed by atoms with Crippen molar-refractivity contribution in [1.82, 2.24) is 10.2 Å². The van der Waals surface area contributed by atoms with Crippen molar-refractivity contribution in [1.29, 1.82) is 0 Å².